The Labute approximate surface area is 82.0 Å². The van der Waals surface area contributed by atoms with Crippen molar-refractivity contribution in [2.45, 2.75) is 34.6 Å². The fraction of sp³-hybridized carbons (Fsp3) is 0.538. The minimum Gasteiger partial charge on any atom is -0.0782 e. The molecule has 0 bridgehead atoms. The van der Waals surface area contributed by atoms with Crippen LogP contribution in [0.4, 0.5) is 0 Å². The molecule has 0 saturated carbocycles. The van der Waals surface area contributed by atoms with Gasteiger partial charge in [0.1, 0.15) is 0 Å². The second kappa shape index (κ2) is 3.17. The summed E-state index contributed by atoms with van der Waals surface area (Å²) < 4.78 is 0. The van der Waals surface area contributed by atoms with Gasteiger partial charge in [-0.2, -0.15) is 0 Å². The van der Waals surface area contributed by atoms with Crippen LogP contribution in [0.1, 0.15) is 34.6 Å². The van der Waals surface area contributed by atoms with Crippen LogP contribution < -0.4 is 0 Å². The number of hydrogen-bond donors (Lipinski definition) is 0. The molecule has 0 spiro atoms. The predicted octanol–water partition coefficient (Wildman–Crippen LogP) is 4.11. The summed E-state index contributed by atoms with van der Waals surface area (Å²) in [5.41, 5.74) is 1.72. The first-order valence-electron chi connectivity index (χ1n) is 4.90. The Balaban J connectivity index is 3.10. The highest BCUT2D eigenvalue weighted by molar-refractivity contribution is 5.28. The monoisotopic (exact) mass is 176 g/mol. The van der Waals surface area contributed by atoms with Gasteiger partial charge >= 0.3 is 0 Å². The first-order chi connectivity index (χ1) is 5.81. The quantitative estimate of drug-likeness (QED) is 0.487. The van der Waals surface area contributed by atoms with Crippen molar-refractivity contribution in [2.75, 3.05) is 0 Å². The summed E-state index contributed by atoms with van der Waals surface area (Å²) in [7, 11) is 0. The summed E-state index contributed by atoms with van der Waals surface area (Å²) >= 11 is 0. The summed E-state index contributed by atoms with van der Waals surface area (Å²) in [5, 5.41) is 0. The van der Waals surface area contributed by atoms with Crippen molar-refractivity contribution in [3.63, 3.8) is 0 Å². The zero-order valence-corrected chi connectivity index (χ0v) is 9.39. The molecule has 13 heavy (non-hydrogen) atoms. The van der Waals surface area contributed by atoms with Gasteiger partial charge in [0, 0.05) is 10.8 Å². The molecule has 1 rings (SSSR count). The molecular weight excluding hydrogens is 156 g/mol. The Morgan fingerprint density at radius 2 is 1.38 bits per heavy atom. The summed E-state index contributed by atoms with van der Waals surface area (Å²) in [4.78, 5) is 0. The third-order valence-corrected chi connectivity index (χ3v) is 2.32. The molecule has 0 unspecified atom stereocenters. The van der Waals surface area contributed by atoms with Crippen molar-refractivity contribution in [3.05, 3.63) is 36.0 Å². The standard InChI is InChI=1S/C13H20/c1-11-6-7-12(2,3)8-9-13(4,5)10-11/h6-10H,1-5H3. The second-order valence-electron chi connectivity index (χ2n) is 5.20. The van der Waals surface area contributed by atoms with Crippen molar-refractivity contribution >= 4 is 0 Å². The molecule has 0 amide bonds. The van der Waals surface area contributed by atoms with Crippen LogP contribution in [-0.2, 0) is 0 Å². The Kier molecular flexibility index (Phi) is 2.51. The Hall–Kier alpha value is -0.780. The molecular formula is C13H20. The molecule has 0 radical (unpaired) electrons. The molecule has 0 heterocycles. The van der Waals surface area contributed by atoms with Crippen LogP contribution in [0.5, 0.6) is 0 Å². The van der Waals surface area contributed by atoms with Crippen molar-refractivity contribution < 1.29 is 0 Å². The van der Waals surface area contributed by atoms with E-state index in [4.69, 9.17) is 0 Å². The van der Waals surface area contributed by atoms with E-state index >= 15 is 0 Å². The molecule has 0 heteroatoms. The van der Waals surface area contributed by atoms with Gasteiger partial charge in [-0.3, -0.25) is 0 Å². The normalized spacial score (nSPS) is 24.8. The maximum absolute atomic E-state index is 2.30. The third kappa shape index (κ3) is 3.22. The van der Waals surface area contributed by atoms with E-state index in [0.717, 1.165) is 0 Å². The van der Waals surface area contributed by atoms with Crippen LogP contribution >= 0.6 is 0 Å². The van der Waals surface area contributed by atoms with E-state index < -0.39 is 0 Å². The lowest BCUT2D eigenvalue weighted by Crippen LogP contribution is -2.10. The fourth-order valence-electron chi connectivity index (χ4n) is 1.51. The largest absolute Gasteiger partial charge is 0.0782 e. The average molecular weight is 176 g/mol. The van der Waals surface area contributed by atoms with E-state index in [9.17, 15) is 0 Å². The maximum Gasteiger partial charge on any atom is 0.00104 e. The Morgan fingerprint density at radius 3 is 2.00 bits per heavy atom. The summed E-state index contributed by atoms with van der Waals surface area (Å²) in [6, 6.07) is 0. The second-order valence-corrected chi connectivity index (χ2v) is 5.20. The Bertz CT molecular complexity index is 272. The molecule has 0 N–H and O–H groups in total. The fourth-order valence-corrected chi connectivity index (χ4v) is 1.51. The molecule has 0 aliphatic heterocycles. The van der Waals surface area contributed by atoms with Gasteiger partial charge in [-0.25, -0.2) is 0 Å². The number of allylic oxidation sites excluding steroid dienone is 6. The highest BCUT2D eigenvalue weighted by Gasteiger charge is 2.16. The van der Waals surface area contributed by atoms with Crippen LogP contribution in [0.3, 0.4) is 0 Å². The van der Waals surface area contributed by atoms with Crippen LogP contribution in [0, 0.1) is 10.8 Å². The van der Waals surface area contributed by atoms with Crippen molar-refractivity contribution in [3.8, 4) is 0 Å². The SMILES string of the molecule is CC1=CC(C)(C)C=CC(C)(C)C=C1. The first kappa shape index (κ1) is 10.3. The van der Waals surface area contributed by atoms with E-state index in [1.807, 2.05) is 0 Å². The smallest absolute Gasteiger partial charge is 0.00104 e. The first-order valence-corrected chi connectivity index (χ1v) is 4.90. The zero-order chi connectivity index (χ0) is 10.1. The summed E-state index contributed by atoms with van der Waals surface area (Å²) in [6.45, 7) is 11.1. The highest BCUT2D eigenvalue weighted by Crippen LogP contribution is 2.29. The van der Waals surface area contributed by atoms with Crippen molar-refractivity contribution in [1.29, 1.82) is 0 Å². The van der Waals surface area contributed by atoms with E-state index in [-0.39, 0.29) is 10.8 Å². The van der Waals surface area contributed by atoms with Gasteiger partial charge in [0.25, 0.3) is 0 Å². The minimum atomic E-state index is 0.187. The van der Waals surface area contributed by atoms with Crippen LogP contribution in [0.25, 0.3) is 0 Å². The lowest BCUT2D eigenvalue weighted by molar-refractivity contribution is 0.573. The molecule has 72 valence electrons. The molecule has 0 atom stereocenters. The topological polar surface area (TPSA) is 0 Å². The minimum absolute atomic E-state index is 0.187. The van der Waals surface area contributed by atoms with Gasteiger partial charge in [0.2, 0.25) is 0 Å². The van der Waals surface area contributed by atoms with Gasteiger partial charge in [-0.1, -0.05) is 63.6 Å². The molecule has 1 aliphatic carbocycles. The van der Waals surface area contributed by atoms with Crippen LogP contribution in [0.2, 0.25) is 0 Å². The number of rotatable bonds is 0. The molecule has 0 aromatic heterocycles. The van der Waals surface area contributed by atoms with Gasteiger partial charge in [-0.05, 0) is 6.92 Å². The van der Waals surface area contributed by atoms with E-state index in [2.05, 4.69) is 65.0 Å². The molecule has 0 aromatic rings. The predicted molar refractivity (Wildman–Crippen MR) is 59.6 cm³/mol. The highest BCUT2D eigenvalue weighted by atomic mass is 14.2. The summed E-state index contributed by atoms with van der Waals surface area (Å²) in [5.74, 6) is 0. The van der Waals surface area contributed by atoms with Gasteiger partial charge < -0.3 is 0 Å². The van der Waals surface area contributed by atoms with Crippen molar-refractivity contribution in [2.24, 2.45) is 10.8 Å². The molecule has 0 saturated heterocycles. The van der Waals surface area contributed by atoms with Gasteiger partial charge in [0.05, 0.1) is 0 Å². The Morgan fingerprint density at radius 1 is 0.846 bits per heavy atom. The van der Waals surface area contributed by atoms with Crippen molar-refractivity contribution in [1.82, 2.24) is 0 Å². The van der Waals surface area contributed by atoms with Gasteiger partial charge in [-0.15, -0.1) is 0 Å². The number of hydrogen-bond acceptors (Lipinski definition) is 0. The molecule has 1 aliphatic rings. The third-order valence-electron chi connectivity index (χ3n) is 2.32. The van der Waals surface area contributed by atoms with E-state index in [1.54, 1.807) is 0 Å². The average Bonchev–Trinajstić information content (AvgIpc) is 1.96. The van der Waals surface area contributed by atoms with Gasteiger partial charge in [0.15, 0.2) is 0 Å². The maximum atomic E-state index is 2.30. The molecule has 0 aromatic carbocycles. The van der Waals surface area contributed by atoms with Crippen LogP contribution in [0.15, 0.2) is 36.0 Å². The van der Waals surface area contributed by atoms with E-state index in [0.29, 0.717) is 0 Å². The van der Waals surface area contributed by atoms with E-state index in [1.165, 1.54) is 5.57 Å². The molecule has 0 nitrogen and oxygen atoms in total. The lowest BCUT2D eigenvalue weighted by Gasteiger charge is -2.23. The van der Waals surface area contributed by atoms with Crippen LogP contribution in [-0.4, -0.2) is 0 Å². The lowest BCUT2D eigenvalue weighted by atomic mass is 9.82. The summed E-state index contributed by atoms with van der Waals surface area (Å²) in [6.07, 6.45) is 11.3. The zero-order valence-electron chi connectivity index (χ0n) is 9.39. The molecule has 0 fully saturated rings.